The predicted octanol–water partition coefficient (Wildman–Crippen LogP) is 2.01. The number of hydrogen-bond acceptors (Lipinski definition) is 3. The molecule has 0 radical (unpaired) electrons. The van der Waals surface area contributed by atoms with Crippen molar-refractivity contribution in [1.82, 2.24) is 5.32 Å². The number of anilines is 1. The van der Waals surface area contributed by atoms with Gasteiger partial charge >= 0.3 is 0 Å². The summed E-state index contributed by atoms with van der Waals surface area (Å²) >= 11 is 3.35. The number of rotatable bonds is 2. The molecule has 0 saturated carbocycles. The van der Waals surface area contributed by atoms with E-state index in [0.29, 0.717) is 18.5 Å². The van der Waals surface area contributed by atoms with Crippen LogP contribution < -0.4 is 10.6 Å². The molecular formula is C12H12BrN3O. The second-order valence-corrected chi connectivity index (χ2v) is 4.84. The molecule has 1 saturated heterocycles. The lowest BCUT2D eigenvalue weighted by Gasteiger charge is -2.24. The molecule has 1 amide bonds. The summed E-state index contributed by atoms with van der Waals surface area (Å²) in [5, 5.41) is 15.0. The highest BCUT2D eigenvalue weighted by Crippen LogP contribution is 2.22. The Bertz CT molecular complexity index is 471. The number of carbonyl (C=O) groups excluding carboxylic acids is 1. The average Bonchev–Trinajstić information content (AvgIpc) is 2.32. The summed E-state index contributed by atoms with van der Waals surface area (Å²) in [6, 6.07) is 7.89. The van der Waals surface area contributed by atoms with Gasteiger partial charge in [0, 0.05) is 29.2 Å². The monoisotopic (exact) mass is 293 g/mol. The Balaban J connectivity index is 2.02. The molecule has 0 aliphatic carbocycles. The first-order valence-electron chi connectivity index (χ1n) is 5.42. The highest BCUT2D eigenvalue weighted by atomic mass is 79.9. The van der Waals surface area contributed by atoms with E-state index >= 15 is 0 Å². The third-order valence-electron chi connectivity index (χ3n) is 2.73. The first-order valence-corrected chi connectivity index (χ1v) is 6.21. The molecule has 88 valence electrons. The molecule has 2 rings (SSSR count). The van der Waals surface area contributed by atoms with Gasteiger partial charge in [-0.3, -0.25) is 4.79 Å². The molecule has 1 atom stereocenters. The van der Waals surface area contributed by atoms with Gasteiger partial charge in [-0.05, 0) is 40.5 Å². The van der Waals surface area contributed by atoms with Crippen LogP contribution in [0.15, 0.2) is 22.7 Å². The van der Waals surface area contributed by atoms with Crippen LogP contribution in [-0.4, -0.2) is 18.5 Å². The molecule has 2 N–H and O–H groups in total. The number of hydrogen-bond donors (Lipinski definition) is 2. The highest BCUT2D eigenvalue weighted by molar-refractivity contribution is 9.10. The van der Waals surface area contributed by atoms with Gasteiger partial charge in [-0.1, -0.05) is 0 Å². The summed E-state index contributed by atoms with van der Waals surface area (Å²) in [6.07, 6.45) is 1.40. The van der Waals surface area contributed by atoms with Crippen LogP contribution in [0.25, 0.3) is 0 Å². The van der Waals surface area contributed by atoms with E-state index in [4.69, 9.17) is 5.26 Å². The molecule has 0 spiro atoms. The number of nitrogens with zero attached hydrogens (tertiary/aromatic N) is 1. The Morgan fingerprint density at radius 3 is 2.94 bits per heavy atom. The molecule has 1 aliphatic heterocycles. The molecule has 1 aromatic carbocycles. The van der Waals surface area contributed by atoms with E-state index in [1.54, 1.807) is 6.07 Å². The zero-order valence-corrected chi connectivity index (χ0v) is 10.8. The number of carbonyl (C=O) groups is 1. The Morgan fingerprint density at radius 1 is 1.53 bits per heavy atom. The molecule has 5 heteroatoms. The van der Waals surface area contributed by atoms with Gasteiger partial charge in [-0.25, -0.2) is 0 Å². The Hall–Kier alpha value is -1.54. The fourth-order valence-corrected chi connectivity index (χ4v) is 2.25. The van der Waals surface area contributed by atoms with Gasteiger partial charge in [0.2, 0.25) is 5.91 Å². The van der Waals surface area contributed by atoms with E-state index in [1.807, 2.05) is 12.1 Å². The maximum absolute atomic E-state index is 11.0. The maximum Gasteiger partial charge on any atom is 0.220 e. The van der Waals surface area contributed by atoms with Crippen molar-refractivity contribution in [1.29, 1.82) is 5.26 Å². The molecular weight excluding hydrogens is 282 g/mol. The van der Waals surface area contributed by atoms with Crippen molar-refractivity contribution in [2.75, 3.05) is 11.9 Å². The van der Waals surface area contributed by atoms with E-state index in [9.17, 15) is 4.79 Å². The van der Waals surface area contributed by atoms with Crippen molar-refractivity contribution in [3.63, 3.8) is 0 Å². The van der Waals surface area contributed by atoms with Crippen LogP contribution >= 0.6 is 15.9 Å². The van der Waals surface area contributed by atoms with Gasteiger partial charge in [-0.2, -0.15) is 5.26 Å². The predicted molar refractivity (Wildman–Crippen MR) is 68.5 cm³/mol. The largest absolute Gasteiger partial charge is 0.380 e. The first kappa shape index (κ1) is 11.9. The number of halogens is 1. The Kier molecular flexibility index (Phi) is 3.64. The van der Waals surface area contributed by atoms with Gasteiger partial charge in [0.05, 0.1) is 5.56 Å². The van der Waals surface area contributed by atoms with Crippen molar-refractivity contribution in [2.45, 2.75) is 18.9 Å². The van der Waals surface area contributed by atoms with E-state index in [1.165, 1.54) is 0 Å². The third-order valence-corrected chi connectivity index (χ3v) is 3.38. The van der Waals surface area contributed by atoms with Gasteiger partial charge in [0.1, 0.15) is 6.07 Å². The summed E-state index contributed by atoms with van der Waals surface area (Å²) in [5.41, 5.74) is 1.57. The summed E-state index contributed by atoms with van der Waals surface area (Å²) < 4.78 is 0.782. The number of nitrogens with one attached hydrogen (secondary N) is 2. The van der Waals surface area contributed by atoms with E-state index in [2.05, 4.69) is 32.6 Å². The summed E-state index contributed by atoms with van der Waals surface area (Å²) in [6.45, 7) is 0.649. The second-order valence-electron chi connectivity index (χ2n) is 3.99. The van der Waals surface area contributed by atoms with Crippen molar-refractivity contribution >= 4 is 27.5 Å². The van der Waals surface area contributed by atoms with E-state index in [-0.39, 0.29) is 11.9 Å². The molecule has 1 unspecified atom stereocenters. The zero-order chi connectivity index (χ0) is 12.3. The van der Waals surface area contributed by atoms with Gasteiger partial charge in [0.25, 0.3) is 0 Å². The molecule has 17 heavy (non-hydrogen) atoms. The minimum atomic E-state index is 0.115. The third kappa shape index (κ3) is 2.98. The minimum absolute atomic E-state index is 0.115. The second kappa shape index (κ2) is 5.19. The van der Waals surface area contributed by atoms with Gasteiger partial charge in [0.15, 0.2) is 0 Å². The summed E-state index contributed by atoms with van der Waals surface area (Å²) in [5.74, 6) is 0.115. The van der Waals surface area contributed by atoms with Crippen LogP contribution in [-0.2, 0) is 4.79 Å². The topological polar surface area (TPSA) is 64.9 Å². The normalized spacial score (nSPS) is 19.3. The first-order chi connectivity index (χ1) is 8.19. The maximum atomic E-state index is 11.0. The molecule has 0 aromatic heterocycles. The van der Waals surface area contributed by atoms with Gasteiger partial charge in [-0.15, -0.1) is 0 Å². The quantitative estimate of drug-likeness (QED) is 0.877. The van der Waals surface area contributed by atoms with E-state index in [0.717, 1.165) is 16.6 Å². The number of benzene rings is 1. The lowest BCUT2D eigenvalue weighted by Crippen LogP contribution is -2.41. The van der Waals surface area contributed by atoms with E-state index < -0.39 is 0 Å². The minimum Gasteiger partial charge on any atom is -0.380 e. The van der Waals surface area contributed by atoms with Crippen molar-refractivity contribution in [3.05, 3.63) is 28.2 Å². The molecule has 1 heterocycles. The smallest absolute Gasteiger partial charge is 0.220 e. The fourth-order valence-electron chi connectivity index (χ4n) is 1.79. The SMILES string of the molecule is N#Cc1ccc(NC2CCC(=O)NC2)cc1Br. The highest BCUT2D eigenvalue weighted by Gasteiger charge is 2.17. The number of amides is 1. The summed E-state index contributed by atoms with van der Waals surface area (Å²) in [4.78, 5) is 11.0. The Morgan fingerprint density at radius 2 is 2.35 bits per heavy atom. The van der Waals surface area contributed by atoms with Crippen LogP contribution in [0.3, 0.4) is 0 Å². The average molecular weight is 294 g/mol. The van der Waals surface area contributed by atoms with Crippen LogP contribution in [0, 0.1) is 11.3 Å². The molecule has 1 aliphatic rings. The molecule has 1 aromatic rings. The molecule has 1 fully saturated rings. The number of piperidine rings is 1. The van der Waals surface area contributed by atoms with Crippen LogP contribution in [0.5, 0.6) is 0 Å². The van der Waals surface area contributed by atoms with Gasteiger partial charge < -0.3 is 10.6 Å². The van der Waals surface area contributed by atoms with Crippen LogP contribution in [0.4, 0.5) is 5.69 Å². The van der Waals surface area contributed by atoms with Crippen molar-refractivity contribution < 1.29 is 4.79 Å². The van der Waals surface area contributed by atoms with Crippen LogP contribution in [0.1, 0.15) is 18.4 Å². The van der Waals surface area contributed by atoms with Crippen molar-refractivity contribution in [2.24, 2.45) is 0 Å². The number of nitriles is 1. The van der Waals surface area contributed by atoms with Crippen LogP contribution in [0.2, 0.25) is 0 Å². The Labute approximate surface area is 108 Å². The molecule has 0 bridgehead atoms. The standard InChI is InChI=1S/C12H12BrN3O/c13-11-5-9(2-1-8(11)6-14)16-10-3-4-12(17)15-7-10/h1-2,5,10,16H,3-4,7H2,(H,15,17). The summed E-state index contributed by atoms with van der Waals surface area (Å²) in [7, 11) is 0. The fraction of sp³-hybridized carbons (Fsp3) is 0.333. The zero-order valence-electron chi connectivity index (χ0n) is 9.16. The van der Waals surface area contributed by atoms with Crippen molar-refractivity contribution in [3.8, 4) is 6.07 Å². The molecule has 4 nitrogen and oxygen atoms in total. The lowest BCUT2D eigenvalue weighted by molar-refractivity contribution is -0.122. The lowest BCUT2D eigenvalue weighted by atomic mass is 10.1.